The third-order valence-corrected chi connectivity index (χ3v) is 4.15. The Labute approximate surface area is 145 Å². The number of benzene rings is 1. The molecule has 6 heteroatoms. The molecule has 1 saturated heterocycles. The van der Waals surface area contributed by atoms with Crippen molar-refractivity contribution in [2.45, 2.75) is 13.8 Å². The molecule has 128 valence electrons. The summed E-state index contributed by atoms with van der Waals surface area (Å²) in [4.78, 5) is 25.3. The van der Waals surface area contributed by atoms with Gasteiger partial charge in [-0.25, -0.2) is 4.79 Å². The maximum absolute atomic E-state index is 12.3. The molecule has 2 aromatic rings. The van der Waals surface area contributed by atoms with Gasteiger partial charge in [0.05, 0.1) is 0 Å². The minimum Gasteiger partial charge on any atom is -0.508 e. The van der Waals surface area contributed by atoms with Crippen LogP contribution in [0.15, 0.2) is 48.7 Å². The molecule has 0 bridgehead atoms. The highest BCUT2D eigenvalue weighted by atomic mass is 16.3. The van der Waals surface area contributed by atoms with Gasteiger partial charge in [0, 0.05) is 23.6 Å². The van der Waals surface area contributed by atoms with E-state index in [0.29, 0.717) is 0 Å². The van der Waals surface area contributed by atoms with E-state index in [0.717, 1.165) is 27.5 Å². The highest BCUT2D eigenvalue weighted by molar-refractivity contribution is 6.14. The van der Waals surface area contributed by atoms with Gasteiger partial charge in [-0.3, -0.25) is 9.69 Å². The van der Waals surface area contributed by atoms with Gasteiger partial charge in [0.25, 0.3) is 5.91 Å². The summed E-state index contributed by atoms with van der Waals surface area (Å²) >= 11 is 0. The van der Waals surface area contributed by atoms with Crippen molar-refractivity contribution in [3.8, 4) is 11.4 Å². The number of hydrogen-bond donors (Lipinski definition) is 2. The van der Waals surface area contributed by atoms with Crippen LogP contribution in [0.5, 0.6) is 5.75 Å². The largest absolute Gasteiger partial charge is 0.508 e. The number of rotatable bonds is 4. The van der Waals surface area contributed by atoms with E-state index in [4.69, 9.17) is 0 Å². The monoisotopic (exact) mass is 337 g/mol. The van der Waals surface area contributed by atoms with Crippen LogP contribution < -0.4 is 5.32 Å². The predicted molar refractivity (Wildman–Crippen MR) is 95.3 cm³/mol. The fourth-order valence-electron chi connectivity index (χ4n) is 2.95. The van der Waals surface area contributed by atoms with Crippen molar-refractivity contribution in [2.75, 3.05) is 6.54 Å². The van der Waals surface area contributed by atoms with Crippen LogP contribution in [0.3, 0.4) is 0 Å². The van der Waals surface area contributed by atoms with Crippen LogP contribution in [-0.4, -0.2) is 33.1 Å². The van der Waals surface area contributed by atoms with Gasteiger partial charge in [-0.2, -0.15) is 0 Å². The third kappa shape index (κ3) is 2.94. The number of carbonyl (C=O) groups is 2. The zero-order valence-corrected chi connectivity index (χ0v) is 14.1. The Morgan fingerprint density at radius 3 is 2.52 bits per heavy atom. The fourth-order valence-corrected chi connectivity index (χ4v) is 2.95. The molecule has 6 nitrogen and oxygen atoms in total. The Morgan fingerprint density at radius 1 is 1.20 bits per heavy atom. The van der Waals surface area contributed by atoms with E-state index in [-0.39, 0.29) is 23.9 Å². The van der Waals surface area contributed by atoms with E-state index in [1.54, 1.807) is 18.2 Å². The summed E-state index contributed by atoms with van der Waals surface area (Å²) in [6.45, 7) is 7.63. The minimum atomic E-state index is -0.441. The molecule has 0 radical (unpaired) electrons. The summed E-state index contributed by atoms with van der Waals surface area (Å²) in [5.74, 6) is -0.158. The Kier molecular flexibility index (Phi) is 4.19. The van der Waals surface area contributed by atoms with Gasteiger partial charge in [0.1, 0.15) is 11.4 Å². The molecular formula is C19H19N3O3. The predicted octanol–water partition coefficient (Wildman–Crippen LogP) is 2.88. The van der Waals surface area contributed by atoms with E-state index >= 15 is 0 Å². The lowest BCUT2D eigenvalue weighted by atomic mass is 10.2. The Bertz CT molecular complexity index is 891. The highest BCUT2D eigenvalue weighted by Crippen LogP contribution is 2.25. The lowest BCUT2D eigenvalue weighted by Gasteiger charge is -2.09. The summed E-state index contributed by atoms with van der Waals surface area (Å²) in [5, 5.41) is 12.1. The molecule has 0 unspecified atom stereocenters. The van der Waals surface area contributed by atoms with E-state index in [2.05, 4.69) is 11.9 Å². The van der Waals surface area contributed by atoms with Crippen molar-refractivity contribution in [1.29, 1.82) is 0 Å². The second kappa shape index (κ2) is 6.32. The highest BCUT2D eigenvalue weighted by Gasteiger charge is 2.32. The van der Waals surface area contributed by atoms with Crippen molar-refractivity contribution in [2.24, 2.45) is 0 Å². The number of nitrogens with zero attached hydrogens (tertiary/aromatic N) is 2. The maximum atomic E-state index is 12.3. The lowest BCUT2D eigenvalue weighted by molar-refractivity contribution is -0.122. The molecule has 1 aromatic carbocycles. The molecule has 25 heavy (non-hydrogen) atoms. The molecule has 1 aliphatic rings. The second-order valence-corrected chi connectivity index (χ2v) is 5.87. The quantitative estimate of drug-likeness (QED) is 0.512. The van der Waals surface area contributed by atoms with E-state index in [9.17, 15) is 14.7 Å². The number of phenols is 1. The summed E-state index contributed by atoms with van der Waals surface area (Å²) in [6.07, 6.45) is 3.19. The first kappa shape index (κ1) is 16.6. The number of carbonyl (C=O) groups excluding carboxylic acids is 2. The van der Waals surface area contributed by atoms with Crippen LogP contribution >= 0.6 is 0 Å². The van der Waals surface area contributed by atoms with Gasteiger partial charge in [-0.05, 0) is 55.8 Å². The number of imide groups is 1. The number of aryl methyl sites for hydroxylation is 1. The van der Waals surface area contributed by atoms with Gasteiger partial charge in [0.15, 0.2) is 0 Å². The molecule has 3 amide bonds. The first-order valence-electron chi connectivity index (χ1n) is 7.86. The van der Waals surface area contributed by atoms with Crippen LogP contribution in [0.25, 0.3) is 11.8 Å². The normalized spacial score (nSPS) is 15.8. The van der Waals surface area contributed by atoms with Gasteiger partial charge in [0.2, 0.25) is 0 Å². The Hall–Kier alpha value is -3.28. The molecular weight excluding hydrogens is 318 g/mol. The number of phenolic OH excluding ortho intramolecular Hbond substituents is 1. The van der Waals surface area contributed by atoms with Crippen LogP contribution in [0.4, 0.5) is 4.79 Å². The van der Waals surface area contributed by atoms with Gasteiger partial charge in [-0.1, -0.05) is 6.08 Å². The average Bonchev–Trinajstić information content (AvgIpc) is 3.00. The van der Waals surface area contributed by atoms with E-state index in [1.807, 2.05) is 36.6 Å². The smallest absolute Gasteiger partial charge is 0.329 e. The first-order valence-corrected chi connectivity index (χ1v) is 7.86. The molecule has 1 fully saturated rings. The minimum absolute atomic E-state index is 0.175. The molecule has 1 aliphatic heterocycles. The van der Waals surface area contributed by atoms with Crippen molar-refractivity contribution in [3.63, 3.8) is 0 Å². The molecule has 1 aromatic heterocycles. The number of amides is 3. The Balaban J connectivity index is 1.99. The number of aromatic hydroxyl groups is 1. The number of aromatic nitrogens is 1. The zero-order chi connectivity index (χ0) is 18.1. The fraction of sp³-hybridized carbons (Fsp3) is 0.158. The second-order valence-electron chi connectivity index (χ2n) is 5.87. The van der Waals surface area contributed by atoms with Crippen molar-refractivity contribution in [3.05, 3.63) is 65.6 Å². The summed E-state index contributed by atoms with van der Waals surface area (Å²) in [6, 6.07) is 8.40. The zero-order valence-electron chi connectivity index (χ0n) is 14.1. The van der Waals surface area contributed by atoms with Gasteiger partial charge < -0.3 is 15.0 Å². The number of nitrogens with one attached hydrogen (secondary N) is 1. The standard InChI is InChI=1S/C19H19N3O3/c1-4-9-21-18(24)17(20-19(21)25)11-14-10-12(2)22(13(14)3)15-5-7-16(23)8-6-15/h4-8,10-11,23H,1,9H2,2-3H3,(H,20,25)/b17-11+. The van der Waals surface area contributed by atoms with Crippen LogP contribution in [0, 0.1) is 13.8 Å². The van der Waals surface area contributed by atoms with Crippen LogP contribution in [-0.2, 0) is 4.79 Å². The van der Waals surface area contributed by atoms with E-state index < -0.39 is 6.03 Å². The molecule has 3 rings (SSSR count). The molecule has 2 heterocycles. The summed E-state index contributed by atoms with van der Waals surface area (Å²) in [7, 11) is 0. The van der Waals surface area contributed by atoms with Crippen molar-refractivity contribution >= 4 is 18.0 Å². The van der Waals surface area contributed by atoms with Crippen LogP contribution in [0.2, 0.25) is 0 Å². The SMILES string of the molecule is C=CCN1C(=O)N/C(=C/c2cc(C)n(-c3ccc(O)cc3)c2C)C1=O. The molecule has 0 spiro atoms. The molecule has 0 aliphatic carbocycles. The molecule has 0 atom stereocenters. The number of urea groups is 1. The van der Waals surface area contributed by atoms with Crippen molar-refractivity contribution < 1.29 is 14.7 Å². The van der Waals surface area contributed by atoms with Crippen molar-refractivity contribution in [1.82, 2.24) is 14.8 Å². The molecule has 0 saturated carbocycles. The first-order chi connectivity index (χ1) is 11.9. The number of hydrogen-bond acceptors (Lipinski definition) is 3. The lowest BCUT2D eigenvalue weighted by Crippen LogP contribution is -2.30. The maximum Gasteiger partial charge on any atom is 0.329 e. The Morgan fingerprint density at radius 2 is 1.88 bits per heavy atom. The molecule has 2 N–H and O–H groups in total. The summed E-state index contributed by atoms with van der Waals surface area (Å²) < 4.78 is 2.02. The van der Waals surface area contributed by atoms with Crippen LogP contribution in [0.1, 0.15) is 17.0 Å². The average molecular weight is 337 g/mol. The van der Waals surface area contributed by atoms with Gasteiger partial charge in [-0.15, -0.1) is 6.58 Å². The topological polar surface area (TPSA) is 74.6 Å². The third-order valence-electron chi connectivity index (χ3n) is 4.15. The van der Waals surface area contributed by atoms with Gasteiger partial charge >= 0.3 is 6.03 Å². The van der Waals surface area contributed by atoms with E-state index in [1.165, 1.54) is 6.08 Å². The summed E-state index contributed by atoms with van der Waals surface area (Å²) in [5.41, 5.74) is 3.91.